The normalized spacial score (nSPS) is 11.5. The molecule has 0 fully saturated rings. The summed E-state index contributed by atoms with van der Waals surface area (Å²) in [4.78, 5) is 2.12. The number of hydrogen-bond acceptors (Lipinski definition) is 2. The predicted octanol–water partition coefficient (Wildman–Crippen LogP) is 3.46. The van der Waals surface area contributed by atoms with E-state index in [0.29, 0.717) is 29.7 Å². The molecule has 0 unspecified atom stereocenters. The molecule has 18 heavy (non-hydrogen) atoms. The molecule has 1 rings (SSSR count). The summed E-state index contributed by atoms with van der Waals surface area (Å²) >= 11 is 5.74. The van der Waals surface area contributed by atoms with E-state index < -0.39 is 0 Å². The predicted molar refractivity (Wildman–Crippen MR) is 73.3 cm³/mol. The molecule has 0 aliphatic rings. The average molecular weight is 274 g/mol. The summed E-state index contributed by atoms with van der Waals surface area (Å²) in [7, 11) is 0. The molecule has 0 saturated heterocycles. The third-order valence-electron chi connectivity index (χ3n) is 3.23. The van der Waals surface area contributed by atoms with Crippen LogP contribution in [0, 0.1) is 5.82 Å². The lowest BCUT2D eigenvalue weighted by Gasteiger charge is -2.30. The molecular weight excluding hydrogens is 253 g/mol. The van der Waals surface area contributed by atoms with Crippen molar-refractivity contribution in [2.24, 2.45) is 0 Å². The number of hydrogen-bond donors (Lipinski definition) is 1. The molecule has 0 saturated carbocycles. The molecule has 0 heterocycles. The van der Waals surface area contributed by atoms with Gasteiger partial charge in [0.1, 0.15) is 5.82 Å². The van der Waals surface area contributed by atoms with Gasteiger partial charge >= 0.3 is 0 Å². The zero-order chi connectivity index (χ0) is 13.5. The summed E-state index contributed by atoms with van der Waals surface area (Å²) in [6, 6.07) is 5.11. The van der Waals surface area contributed by atoms with Crippen molar-refractivity contribution in [1.29, 1.82) is 0 Å². The van der Waals surface area contributed by atoms with Gasteiger partial charge in [0.25, 0.3) is 0 Å². The minimum atomic E-state index is -0.281. The van der Waals surface area contributed by atoms with Gasteiger partial charge in [-0.15, -0.1) is 0 Å². The quantitative estimate of drug-likeness (QED) is 0.822. The van der Waals surface area contributed by atoms with Gasteiger partial charge in [0.15, 0.2) is 0 Å². The zero-order valence-corrected chi connectivity index (χ0v) is 11.8. The van der Waals surface area contributed by atoms with E-state index in [9.17, 15) is 4.39 Å². The van der Waals surface area contributed by atoms with Gasteiger partial charge in [0.2, 0.25) is 0 Å². The molecule has 4 heteroatoms. The number of benzene rings is 1. The Morgan fingerprint density at radius 1 is 1.33 bits per heavy atom. The molecular formula is C14H21ClFNO. The summed E-state index contributed by atoms with van der Waals surface area (Å²) in [5.74, 6) is -0.281. The molecule has 0 aliphatic heterocycles. The fraction of sp³-hybridized carbons (Fsp3) is 0.571. The van der Waals surface area contributed by atoms with Gasteiger partial charge in [-0.1, -0.05) is 31.5 Å². The van der Waals surface area contributed by atoms with Crippen molar-refractivity contribution in [3.8, 4) is 0 Å². The number of nitrogens with zero attached hydrogens (tertiary/aromatic N) is 1. The lowest BCUT2D eigenvalue weighted by molar-refractivity contribution is 0.135. The number of aliphatic hydroxyl groups is 1. The van der Waals surface area contributed by atoms with Gasteiger partial charge < -0.3 is 5.11 Å². The van der Waals surface area contributed by atoms with Crippen molar-refractivity contribution < 1.29 is 9.50 Å². The van der Waals surface area contributed by atoms with E-state index in [0.717, 1.165) is 12.8 Å². The molecule has 102 valence electrons. The Morgan fingerprint density at radius 2 is 2.00 bits per heavy atom. The van der Waals surface area contributed by atoms with Crippen LogP contribution in [0.1, 0.15) is 32.3 Å². The van der Waals surface area contributed by atoms with E-state index in [1.165, 1.54) is 6.07 Å². The number of rotatable bonds is 7. The summed E-state index contributed by atoms with van der Waals surface area (Å²) in [6.45, 7) is 5.38. The maximum absolute atomic E-state index is 13.7. The first-order valence-corrected chi connectivity index (χ1v) is 6.79. The first-order chi connectivity index (χ1) is 8.62. The highest BCUT2D eigenvalue weighted by Crippen LogP contribution is 2.18. The SMILES string of the molecule is CCC(CC)N(CCO)Cc1ccc(Cl)cc1F. The Balaban J connectivity index is 2.82. The van der Waals surface area contributed by atoms with Gasteiger partial charge in [-0.3, -0.25) is 4.90 Å². The second-order valence-electron chi connectivity index (χ2n) is 4.40. The van der Waals surface area contributed by atoms with Crippen molar-refractivity contribution in [3.63, 3.8) is 0 Å². The fourth-order valence-corrected chi connectivity index (χ4v) is 2.35. The second kappa shape index (κ2) is 7.72. The van der Waals surface area contributed by atoms with Crippen LogP contribution in [0.5, 0.6) is 0 Å². The van der Waals surface area contributed by atoms with Crippen molar-refractivity contribution in [1.82, 2.24) is 4.90 Å². The molecule has 0 bridgehead atoms. The van der Waals surface area contributed by atoms with E-state index in [4.69, 9.17) is 16.7 Å². The van der Waals surface area contributed by atoms with Gasteiger partial charge in [0, 0.05) is 29.7 Å². The van der Waals surface area contributed by atoms with Crippen LogP contribution in [0.2, 0.25) is 5.02 Å². The summed E-state index contributed by atoms with van der Waals surface area (Å²) in [6.07, 6.45) is 1.98. The second-order valence-corrected chi connectivity index (χ2v) is 4.84. The summed E-state index contributed by atoms with van der Waals surface area (Å²) in [5.41, 5.74) is 0.625. The van der Waals surface area contributed by atoms with Gasteiger partial charge in [-0.05, 0) is 25.0 Å². The first-order valence-electron chi connectivity index (χ1n) is 6.41. The minimum Gasteiger partial charge on any atom is -0.395 e. The number of aliphatic hydroxyl groups excluding tert-OH is 1. The Labute approximate surface area is 113 Å². The maximum atomic E-state index is 13.7. The highest BCUT2D eigenvalue weighted by molar-refractivity contribution is 6.30. The molecule has 0 radical (unpaired) electrons. The lowest BCUT2D eigenvalue weighted by Crippen LogP contribution is -2.36. The van der Waals surface area contributed by atoms with Crippen LogP contribution >= 0.6 is 11.6 Å². The minimum absolute atomic E-state index is 0.0890. The van der Waals surface area contributed by atoms with Crippen LogP contribution in [0.3, 0.4) is 0 Å². The smallest absolute Gasteiger partial charge is 0.129 e. The lowest BCUT2D eigenvalue weighted by atomic mass is 10.1. The van der Waals surface area contributed by atoms with Crippen molar-refractivity contribution in [2.45, 2.75) is 39.3 Å². The van der Waals surface area contributed by atoms with Crippen LogP contribution in [0.4, 0.5) is 4.39 Å². The van der Waals surface area contributed by atoms with Crippen molar-refractivity contribution in [2.75, 3.05) is 13.2 Å². The maximum Gasteiger partial charge on any atom is 0.129 e. The Morgan fingerprint density at radius 3 is 2.50 bits per heavy atom. The molecule has 0 spiro atoms. The van der Waals surface area contributed by atoms with Crippen LogP contribution in [0.15, 0.2) is 18.2 Å². The van der Waals surface area contributed by atoms with Crippen molar-refractivity contribution >= 4 is 11.6 Å². The fourth-order valence-electron chi connectivity index (χ4n) is 2.19. The molecule has 0 aliphatic carbocycles. The molecule has 0 atom stereocenters. The van der Waals surface area contributed by atoms with Crippen LogP contribution in [0.25, 0.3) is 0 Å². The first kappa shape index (κ1) is 15.4. The molecule has 1 aromatic rings. The third-order valence-corrected chi connectivity index (χ3v) is 3.47. The molecule has 1 N–H and O–H groups in total. The molecule has 2 nitrogen and oxygen atoms in total. The summed E-state index contributed by atoms with van der Waals surface area (Å²) in [5, 5.41) is 9.52. The Hall–Kier alpha value is -0.640. The van der Waals surface area contributed by atoms with Crippen LogP contribution < -0.4 is 0 Å². The summed E-state index contributed by atoms with van der Waals surface area (Å²) < 4.78 is 13.7. The van der Waals surface area contributed by atoms with Gasteiger partial charge in [-0.25, -0.2) is 4.39 Å². The zero-order valence-electron chi connectivity index (χ0n) is 11.0. The van der Waals surface area contributed by atoms with Crippen molar-refractivity contribution in [3.05, 3.63) is 34.6 Å². The third kappa shape index (κ3) is 4.23. The number of halogens is 2. The standard InChI is InChI=1S/C14H21ClFNO/c1-3-13(4-2)17(7-8-18)10-11-5-6-12(15)9-14(11)16/h5-6,9,13,18H,3-4,7-8,10H2,1-2H3. The Kier molecular flexibility index (Phi) is 6.61. The van der Waals surface area contributed by atoms with E-state index in [2.05, 4.69) is 18.7 Å². The van der Waals surface area contributed by atoms with Crippen LogP contribution in [-0.4, -0.2) is 29.2 Å². The molecule has 0 aromatic heterocycles. The monoisotopic (exact) mass is 273 g/mol. The van der Waals surface area contributed by atoms with Gasteiger partial charge in [0.05, 0.1) is 6.61 Å². The molecule has 1 aromatic carbocycles. The van der Waals surface area contributed by atoms with E-state index >= 15 is 0 Å². The van der Waals surface area contributed by atoms with E-state index in [1.54, 1.807) is 12.1 Å². The van der Waals surface area contributed by atoms with E-state index in [1.807, 2.05) is 0 Å². The highest BCUT2D eigenvalue weighted by Gasteiger charge is 2.16. The Bertz CT molecular complexity index is 369. The van der Waals surface area contributed by atoms with E-state index in [-0.39, 0.29) is 12.4 Å². The molecule has 0 amide bonds. The van der Waals surface area contributed by atoms with Crippen LogP contribution in [-0.2, 0) is 6.54 Å². The topological polar surface area (TPSA) is 23.5 Å². The highest BCUT2D eigenvalue weighted by atomic mass is 35.5. The largest absolute Gasteiger partial charge is 0.395 e. The van der Waals surface area contributed by atoms with Gasteiger partial charge in [-0.2, -0.15) is 0 Å². The average Bonchev–Trinajstić information content (AvgIpc) is 2.34.